The highest BCUT2D eigenvalue weighted by molar-refractivity contribution is 7.66. The predicted octanol–water partition coefficient (Wildman–Crippen LogP) is 3.76. The van der Waals surface area contributed by atoms with Gasteiger partial charge in [0.1, 0.15) is 0 Å². The van der Waals surface area contributed by atoms with Crippen molar-refractivity contribution in [3.8, 4) is 0 Å². The molecule has 0 spiro atoms. The molecule has 0 bridgehead atoms. The minimum atomic E-state index is -2.99. The van der Waals surface area contributed by atoms with E-state index in [1.807, 2.05) is 0 Å². The highest BCUT2D eigenvalue weighted by atomic mass is 31.2. The second kappa shape index (κ2) is 4.84. The lowest BCUT2D eigenvalue weighted by Crippen LogP contribution is -2.46. The van der Waals surface area contributed by atoms with E-state index in [-0.39, 0.29) is 0 Å². The van der Waals surface area contributed by atoms with Gasteiger partial charge in [-0.25, -0.2) is 0 Å². The van der Waals surface area contributed by atoms with Gasteiger partial charge in [-0.05, 0) is 0 Å². The third-order valence-corrected chi connectivity index (χ3v) is 16.7. The highest BCUT2D eigenvalue weighted by Crippen LogP contribution is 2.62. The van der Waals surface area contributed by atoms with Gasteiger partial charge in [0.2, 0.25) is 0 Å². The zero-order chi connectivity index (χ0) is 12.5. The molecule has 92 valence electrons. The summed E-state index contributed by atoms with van der Waals surface area (Å²) >= 11 is 0. The maximum atomic E-state index is 12.5. The Balaban J connectivity index is 5.41. The molecule has 0 N–H and O–H groups in total. The van der Waals surface area contributed by atoms with Gasteiger partial charge in [-0.15, -0.1) is 0 Å². The summed E-state index contributed by atoms with van der Waals surface area (Å²) < 4.78 is 22.9. The maximum absolute atomic E-state index is 12.5. The average Bonchev–Trinajstić information content (AvgIpc) is 1.98. The third-order valence-electron chi connectivity index (χ3n) is 2.18. The van der Waals surface area contributed by atoms with Crippen molar-refractivity contribution in [3.63, 3.8) is 0 Å². The van der Waals surface area contributed by atoms with E-state index >= 15 is 0 Å². The lowest BCUT2D eigenvalue weighted by molar-refractivity contribution is 0.282. The minimum Gasteiger partial charge on any atom is -0.334 e. The molecule has 0 amide bonds. The van der Waals surface area contributed by atoms with E-state index in [1.54, 1.807) is 0 Å². The van der Waals surface area contributed by atoms with Gasteiger partial charge in [0.05, 0.1) is 0 Å². The first-order valence-electron chi connectivity index (χ1n) is 5.09. The smallest absolute Gasteiger partial charge is 0.186 e. The summed E-state index contributed by atoms with van der Waals surface area (Å²) in [6.45, 7) is 13.2. The van der Waals surface area contributed by atoms with Gasteiger partial charge in [0.15, 0.2) is 7.60 Å². The second-order valence-electron chi connectivity index (χ2n) is 5.71. The molecular weight excluding hydrogens is 243 g/mol. The third kappa shape index (κ3) is 3.82. The molecule has 0 aliphatic rings. The van der Waals surface area contributed by atoms with Crippen molar-refractivity contribution < 1.29 is 13.6 Å². The van der Waals surface area contributed by atoms with Gasteiger partial charge in [-0.3, -0.25) is 4.57 Å². The van der Waals surface area contributed by atoms with E-state index in [2.05, 4.69) is 39.3 Å². The summed E-state index contributed by atoms with van der Waals surface area (Å²) in [5.74, 6) is 0. The number of hydrogen-bond acceptors (Lipinski definition) is 3. The van der Waals surface area contributed by atoms with E-state index in [0.717, 1.165) is 4.91 Å². The van der Waals surface area contributed by atoms with Gasteiger partial charge in [-0.1, -0.05) is 55.4 Å². The van der Waals surface area contributed by atoms with E-state index in [9.17, 15) is 4.57 Å². The van der Waals surface area contributed by atoms with Crippen molar-refractivity contribution in [2.75, 3.05) is 14.2 Å². The minimum absolute atomic E-state index is 1.10. The molecule has 0 saturated heterocycles. The maximum Gasteiger partial charge on any atom is 0.186 e. The SMILES string of the molecule is COP(=O)(OC)[C-]([Si](C)(C)C)[Si](C)(C)C. The molecule has 0 aromatic heterocycles. The Bertz CT molecular complexity index is 233. The predicted molar refractivity (Wildman–Crippen MR) is 71.6 cm³/mol. The summed E-state index contributed by atoms with van der Waals surface area (Å²) in [5, 5.41) is 0. The first-order valence-corrected chi connectivity index (χ1v) is 13.6. The molecule has 0 aromatic carbocycles. The molecule has 3 nitrogen and oxygen atoms in total. The van der Waals surface area contributed by atoms with E-state index in [4.69, 9.17) is 9.05 Å². The van der Waals surface area contributed by atoms with Crippen molar-refractivity contribution in [1.29, 1.82) is 0 Å². The van der Waals surface area contributed by atoms with Crippen LogP contribution in [0.15, 0.2) is 0 Å². The van der Waals surface area contributed by atoms with E-state index < -0.39 is 23.7 Å². The highest BCUT2D eigenvalue weighted by Gasteiger charge is 2.36. The summed E-state index contributed by atoms with van der Waals surface area (Å²) in [7, 11) is -3.31. The molecular formula is C9H24O3PSi2-. The van der Waals surface area contributed by atoms with Crippen LogP contribution in [0.4, 0.5) is 0 Å². The second-order valence-corrected chi connectivity index (χ2v) is 19.2. The first-order chi connectivity index (χ1) is 6.49. The van der Waals surface area contributed by atoms with Crippen LogP contribution in [0.5, 0.6) is 0 Å². The molecule has 15 heavy (non-hydrogen) atoms. The molecule has 0 unspecified atom stereocenters. The molecule has 0 radical (unpaired) electrons. The Morgan fingerprint density at radius 3 is 1.20 bits per heavy atom. The molecule has 0 heterocycles. The lowest BCUT2D eigenvalue weighted by atomic mass is 11.7. The van der Waals surface area contributed by atoms with Crippen molar-refractivity contribution in [1.82, 2.24) is 0 Å². The zero-order valence-corrected chi connectivity index (χ0v) is 14.1. The molecule has 0 fully saturated rings. The van der Waals surface area contributed by atoms with Crippen LogP contribution in [-0.2, 0) is 13.6 Å². The Morgan fingerprint density at radius 2 is 1.13 bits per heavy atom. The van der Waals surface area contributed by atoms with Crippen LogP contribution in [0, 0.1) is 4.91 Å². The van der Waals surface area contributed by atoms with Crippen molar-refractivity contribution in [2.45, 2.75) is 39.3 Å². The fraction of sp³-hybridized carbons (Fsp3) is 0.889. The fourth-order valence-corrected chi connectivity index (χ4v) is 19.4. The number of rotatable bonds is 5. The first kappa shape index (κ1) is 15.6. The lowest BCUT2D eigenvalue weighted by Gasteiger charge is -2.54. The molecule has 0 aliphatic heterocycles. The Kier molecular flexibility index (Phi) is 5.03. The summed E-state index contributed by atoms with van der Waals surface area (Å²) in [5.41, 5.74) is 0. The van der Waals surface area contributed by atoms with Gasteiger partial charge in [-0.2, -0.15) is 4.91 Å². The Morgan fingerprint density at radius 1 is 0.867 bits per heavy atom. The van der Waals surface area contributed by atoms with Crippen LogP contribution >= 0.6 is 7.60 Å². The number of hydrogen-bond donors (Lipinski definition) is 0. The van der Waals surface area contributed by atoms with Crippen molar-refractivity contribution >= 4 is 23.7 Å². The molecule has 6 heteroatoms. The standard InChI is InChI=1S/C9H24O3PSi2/c1-11-13(10,12-2)9(14(3,4)5)15(6,7)8/h1-8H3/q-1. The van der Waals surface area contributed by atoms with Gasteiger partial charge in [0.25, 0.3) is 0 Å². The monoisotopic (exact) mass is 267 g/mol. The Hall–Kier alpha value is 0.584. The van der Waals surface area contributed by atoms with Gasteiger partial charge in [0, 0.05) is 14.2 Å². The summed E-state index contributed by atoms with van der Waals surface area (Å²) in [6, 6.07) is 0. The fourth-order valence-electron chi connectivity index (χ4n) is 2.20. The van der Waals surface area contributed by atoms with Crippen LogP contribution < -0.4 is 0 Å². The van der Waals surface area contributed by atoms with Gasteiger partial charge < -0.3 is 9.05 Å². The van der Waals surface area contributed by atoms with E-state index in [0.29, 0.717) is 0 Å². The van der Waals surface area contributed by atoms with Crippen LogP contribution in [0.1, 0.15) is 0 Å². The molecule has 0 atom stereocenters. The van der Waals surface area contributed by atoms with Crippen LogP contribution in [0.3, 0.4) is 0 Å². The van der Waals surface area contributed by atoms with Crippen molar-refractivity contribution in [2.24, 2.45) is 0 Å². The van der Waals surface area contributed by atoms with Crippen LogP contribution in [0.25, 0.3) is 0 Å². The normalized spacial score (nSPS) is 14.7. The molecule has 0 saturated carbocycles. The molecule has 0 rings (SSSR count). The average molecular weight is 267 g/mol. The summed E-state index contributed by atoms with van der Waals surface area (Å²) in [4.78, 5) is 1.10. The topological polar surface area (TPSA) is 35.5 Å². The quantitative estimate of drug-likeness (QED) is 0.432. The zero-order valence-electron chi connectivity index (χ0n) is 11.2. The van der Waals surface area contributed by atoms with Crippen LogP contribution in [-0.4, -0.2) is 30.4 Å². The van der Waals surface area contributed by atoms with Crippen molar-refractivity contribution in [3.05, 3.63) is 4.91 Å². The largest absolute Gasteiger partial charge is 0.334 e. The molecule has 0 aromatic rings. The van der Waals surface area contributed by atoms with Crippen LogP contribution in [0.2, 0.25) is 39.3 Å². The van der Waals surface area contributed by atoms with Gasteiger partial charge >= 0.3 is 0 Å². The Labute approximate surface area is 96.1 Å². The molecule has 0 aliphatic carbocycles. The van der Waals surface area contributed by atoms with E-state index in [1.165, 1.54) is 14.2 Å². The summed E-state index contributed by atoms with van der Waals surface area (Å²) in [6.07, 6.45) is 0.